The van der Waals surface area contributed by atoms with E-state index in [2.05, 4.69) is 10.4 Å². The minimum Gasteiger partial charge on any atom is -0.471 e. The van der Waals surface area contributed by atoms with Crippen LogP contribution in [0.5, 0.6) is 5.75 Å². The van der Waals surface area contributed by atoms with Crippen LogP contribution in [0.3, 0.4) is 0 Å². The standard InChI is InChI=1S/C19H16Cl2FN3O2/c1-11-18(23-19(26)16-8-13(20)6-7-17(16)21)12(2)25(24-11)10-27-15-5-3-4-14(22)9-15/h3-9H,10H2,1-2H3,(H,23,26). The van der Waals surface area contributed by atoms with Crippen molar-refractivity contribution in [2.45, 2.75) is 20.6 Å². The van der Waals surface area contributed by atoms with E-state index < -0.39 is 0 Å². The van der Waals surface area contributed by atoms with Crippen LogP contribution in [-0.2, 0) is 6.73 Å². The smallest absolute Gasteiger partial charge is 0.257 e. The van der Waals surface area contributed by atoms with Crippen molar-refractivity contribution < 1.29 is 13.9 Å². The third-order valence-electron chi connectivity index (χ3n) is 3.94. The minimum atomic E-state index is -0.390. The summed E-state index contributed by atoms with van der Waals surface area (Å²) in [5, 5.41) is 7.88. The number of aryl methyl sites for hydroxylation is 1. The maximum absolute atomic E-state index is 13.2. The summed E-state index contributed by atoms with van der Waals surface area (Å²) in [5.41, 5.74) is 2.13. The van der Waals surface area contributed by atoms with Gasteiger partial charge < -0.3 is 10.1 Å². The molecular formula is C19H16Cl2FN3O2. The highest BCUT2D eigenvalue weighted by atomic mass is 35.5. The van der Waals surface area contributed by atoms with Crippen LogP contribution in [0.15, 0.2) is 42.5 Å². The zero-order chi connectivity index (χ0) is 19.6. The first kappa shape index (κ1) is 19.2. The third-order valence-corrected chi connectivity index (χ3v) is 4.51. The number of hydrogen-bond acceptors (Lipinski definition) is 3. The highest BCUT2D eigenvalue weighted by Crippen LogP contribution is 2.25. The topological polar surface area (TPSA) is 56.1 Å². The summed E-state index contributed by atoms with van der Waals surface area (Å²) in [4.78, 5) is 12.6. The zero-order valence-corrected chi connectivity index (χ0v) is 16.1. The van der Waals surface area contributed by atoms with Gasteiger partial charge >= 0.3 is 0 Å². The average molecular weight is 408 g/mol. The number of ether oxygens (including phenoxy) is 1. The number of anilines is 1. The predicted molar refractivity (Wildman–Crippen MR) is 103 cm³/mol. The molecule has 0 aliphatic rings. The van der Waals surface area contributed by atoms with Gasteiger partial charge in [0.15, 0.2) is 6.73 Å². The molecule has 3 aromatic rings. The molecule has 1 aromatic heterocycles. The van der Waals surface area contributed by atoms with Crippen LogP contribution in [0.1, 0.15) is 21.7 Å². The summed E-state index contributed by atoms with van der Waals surface area (Å²) in [6.45, 7) is 3.63. The fourth-order valence-corrected chi connectivity index (χ4v) is 2.92. The van der Waals surface area contributed by atoms with E-state index in [1.165, 1.54) is 18.2 Å². The normalized spacial score (nSPS) is 10.7. The van der Waals surface area contributed by atoms with Crippen LogP contribution in [0.4, 0.5) is 10.1 Å². The second kappa shape index (κ2) is 7.98. The van der Waals surface area contributed by atoms with Gasteiger partial charge in [0.05, 0.1) is 27.7 Å². The maximum atomic E-state index is 13.2. The highest BCUT2D eigenvalue weighted by Gasteiger charge is 2.17. The van der Waals surface area contributed by atoms with Crippen molar-refractivity contribution in [3.63, 3.8) is 0 Å². The van der Waals surface area contributed by atoms with Crippen molar-refractivity contribution in [2.24, 2.45) is 0 Å². The molecule has 140 valence electrons. The average Bonchev–Trinajstić information content (AvgIpc) is 2.89. The lowest BCUT2D eigenvalue weighted by Crippen LogP contribution is -2.14. The Labute approximate surface area is 165 Å². The maximum Gasteiger partial charge on any atom is 0.257 e. The fraction of sp³-hybridized carbons (Fsp3) is 0.158. The Hall–Kier alpha value is -2.57. The molecule has 3 rings (SSSR count). The number of nitrogens with zero attached hydrogens (tertiary/aromatic N) is 2. The predicted octanol–water partition coefficient (Wildman–Crippen LogP) is 5.23. The van der Waals surface area contributed by atoms with Gasteiger partial charge in [0.2, 0.25) is 0 Å². The molecule has 1 N–H and O–H groups in total. The molecule has 1 heterocycles. The second-order valence-electron chi connectivity index (χ2n) is 5.85. The number of aromatic nitrogens is 2. The van der Waals surface area contributed by atoms with E-state index in [1.54, 1.807) is 42.8 Å². The lowest BCUT2D eigenvalue weighted by atomic mass is 10.2. The number of amides is 1. The number of benzene rings is 2. The molecule has 0 saturated heterocycles. The van der Waals surface area contributed by atoms with Crippen molar-refractivity contribution in [1.29, 1.82) is 0 Å². The molecule has 1 amide bonds. The molecule has 0 aliphatic heterocycles. The van der Waals surface area contributed by atoms with E-state index in [0.29, 0.717) is 32.9 Å². The SMILES string of the molecule is Cc1nn(COc2cccc(F)c2)c(C)c1NC(=O)c1cc(Cl)ccc1Cl. The Morgan fingerprint density at radius 1 is 1.22 bits per heavy atom. The lowest BCUT2D eigenvalue weighted by molar-refractivity contribution is 0.102. The number of carbonyl (C=O) groups excluding carboxylic acids is 1. The van der Waals surface area contributed by atoms with E-state index in [1.807, 2.05) is 0 Å². The van der Waals surface area contributed by atoms with Crippen molar-refractivity contribution in [3.8, 4) is 5.75 Å². The summed E-state index contributed by atoms with van der Waals surface area (Å²) in [5.74, 6) is -0.384. The molecular weight excluding hydrogens is 392 g/mol. The monoisotopic (exact) mass is 407 g/mol. The van der Waals surface area contributed by atoms with Crippen molar-refractivity contribution in [3.05, 3.63) is 75.3 Å². The van der Waals surface area contributed by atoms with E-state index in [0.717, 1.165) is 0 Å². The van der Waals surface area contributed by atoms with E-state index >= 15 is 0 Å². The molecule has 0 atom stereocenters. The molecule has 2 aromatic carbocycles. The zero-order valence-electron chi connectivity index (χ0n) is 14.6. The van der Waals surface area contributed by atoms with Gasteiger partial charge in [0.1, 0.15) is 11.6 Å². The summed E-state index contributed by atoms with van der Waals surface area (Å²) in [7, 11) is 0. The number of rotatable bonds is 5. The lowest BCUT2D eigenvalue weighted by Gasteiger charge is -2.10. The second-order valence-corrected chi connectivity index (χ2v) is 6.70. The quantitative estimate of drug-likeness (QED) is 0.629. The van der Waals surface area contributed by atoms with Crippen LogP contribution < -0.4 is 10.1 Å². The molecule has 0 spiro atoms. The van der Waals surface area contributed by atoms with Gasteiger partial charge in [-0.15, -0.1) is 0 Å². The summed E-state index contributed by atoms with van der Waals surface area (Å²) >= 11 is 12.0. The van der Waals surface area contributed by atoms with Crippen LogP contribution in [0.25, 0.3) is 0 Å². The Bertz CT molecular complexity index is 1000. The van der Waals surface area contributed by atoms with Gasteiger partial charge in [0.25, 0.3) is 5.91 Å². The first-order chi connectivity index (χ1) is 12.8. The molecule has 8 heteroatoms. The largest absolute Gasteiger partial charge is 0.471 e. The van der Waals surface area contributed by atoms with Gasteiger partial charge in [-0.05, 0) is 44.2 Å². The highest BCUT2D eigenvalue weighted by molar-refractivity contribution is 6.36. The van der Waals surface area contributed by atoms with Crippen LogP contribution in [0.2, 0.25) is 10.0 Å². The molecule has 27 heavy (non-hydrogen) atoms. The summed E-state index contributed by atoms with van der Waals surface area (Å²) in [6.07, 6.45) is 0. The van der Waals surface area contributed by atoms with Gasteiger partial charge in [0, 0.05) is 11.1 Å². The van der Waals surface area contributed by atoms with E-state index in [4.69, 9.17) is 27.9 Å². The van der Waals surface area contributed by atoms with E-state index in [-0.39, 0.29) is 24.0 Å². The van der Waals surface area contributed by atoms with Gasteiger partial charge in [-0.1, -0.05) is 29.3 Å². The molecule has 0 aliphatic carbocycles. The summed E-state index contributed by atoms with van der Waals surface area (Å²) in [6, 6.07) is 10.5. The Balaban J connectivity index is 1.77. The fourth-order valence-electron chi connectivity index (χ4n) is 2.55. The van der Waals surface area contributed by atoms with Crippen molar-refractivity contribution in [1.82, 2.24) is 9.78 Å². The molecule has 5 nitrogen and oxygen atoms in total. The molecule has 0 bridgehead atoms. The molecule has 0 unspecified atom stereocenters. The van der Waals surface area contributed by atoms with Gasteiger partial charge in [-0.3, -0.25) is 4.79 Å². The number of nitrogens with one attached hydrogen (secondary N) is 1. The number of carbonyl (C=O) groups is 1. The van der Waals surface area contributed by atoms with Crippen molar-refractivity contribution >= 4 is 34.8 Å². The van der Waals surface area contributed by atoms with Gasteiger partial charge in [-0.2, -0.15) is 5.10 Å². The number of hydrogen-bond donors (Lipinski definition) is 1. The molecule has 0 saturated carbocycles. The third kappa shape index (κ3) is 4.40. The van der Waals surface area contributed by atoms with Crippen LogP contribution >= 0.6 is 23.2 Å². The molecule has 0 radical (unpaired) electrons. The van der Waals surface area contributed by atoms with E-state index in [9.17, 15) is 9.18 Å². The number of halogens is 3. The first-order valence-electron chi connectivity index (χ1n) is 8.04. The van der Waals surface area contributed by atoms with Crippen LogP contribution in [-0.4, -0.2) is 15.7 Å². The van der Waals surface area contributed by atoms with Crippen molar-refractivity contribution in [2.75, 3.05) is 5.32 Å². The Morgan fingerprint density at radius 2 is 2.00 bits per heavy atom. The Kier molecular flexibility index (Phi) is 5.68. The minimum absolute atomic E-state index is 0.0733. The van der Waals surface area contributed by atoms with Crippen LogP contribution in [0, 0.1) is 19.7 Å². The van der Waals surface area contributed by atoms with Gasteiger partial charge in [-0.25, -0.2) is 9.07 Å². The summed E-state index contributed by atoms with van der Waals surface area (Å²) < 4.78 is 20.4. The first-order valence-corrected chi connectivity index (χ1v) is 8.79. The Morgan fingerprint density at radius 3 is 2.74 bits per heavy atom. The molecule has 0 fully saturated rings.